The third kappa shape index (κ3) is 12.2. The number of carbonyl (C=O) groups excluding carboxylic acids is 2. The molecule has 0 saturated carbocycles. The summed E-state index contributed by atoms with van der Waals surface area (Å²) >= 11 is 1.36. The highest BCUT2D eigenvalue weighted by Gasteiger charge is 2.24. The van der Waals surface area contributed by atoms with Gasteiger partial charge in [0.1, 0.15) is 10.6 Å². The molecule has 1 saturated heterocycles. The van der Waals surface area contributed by atoms with Gasteiger partial charge in [0.15, 0.2) is 0 Å². The molecular formula is C26H33N3O11S. The van der Waals surface area contributed by atoms with Gasteiger partial charge in [0, 0.05) is 37.1 Å². The first-order chi connectivity index (χ1) is 19.3. The van der Waals surface area contributed by atoms with Crippen LogP contribution in [0.15, 0.2) is 29.6 Å². The summed E-state index contributed by atoms with van der Waals surface area (Å²) in [6, 6.07) is 7.99. The van der Waals surface area contributed by atoms with Crippen LogP contribution >= 0.6 is 11.3 Å². The fourth-order valence-electron chi connectivity index (χ4n) is 3.43. The van der Waals surface area contributed by atoms with E-state index in [1.165, 1.54) is 11.3 Å². The highest BCUT2D eigenvalue weighted by Crippen LogP contribution is 2.36. The molecule has 0 spiro atoms. The summed E-state index contributed by atoms with van der Waals surface area (Å²) in [6.07, 6.45) is 0. The van der Waals surface area contributed by atoms with Crippen molar-refractivity contribution in [2.24, 2.45) is 0 Å². The van der Waals surface area contributed by atoms with Crippen LogP contribution in [0.3, 0.4) is 0 Å². The molecule has 1 aliphatic rings. The molecule has 1 aliphatic heterocycles. The Morgan fingerprint density at radius 3 is 1.76 bits per heavy atom. The molecule has 5 N–H and O–H groups in total. The van der Waals surface area contributed by atoms with Crippen LogP contribution in [0.1, 0.15) is 29.8 Å². The van der Waals surface area contributed by atoms with Crippen molar-refractivity contribution in [1.29, 1.82) is 0 Å². The van der Waals surface area contributed by atoms with Crippen molar-refractivity contribution in [2.45, 2.75) is 20.8 Å². The summed E-state index contributed by atoms with van der Waals surface area (Å²) in [5, 5.41) is 35.0. The lowest BCUT2D eigenvalue weighted by Gasteiger charge is -2.33. The van der Waals surface area contributed by atoms with Gasteiger partial charge in [0.25, 0.3) is 0 Å². The van der Waals surface area contributed by atoms with Crippen molar-refractivity contribution >= 4 is 52.1 Å². The Kier molecular flexibility index (Phi) is 14.7. The van der Waals surface area contributed by atoms with E-state index in [2.05, 4.69) is 22.0 Å². The van der Waals surface area contributed by atoms with E-state index in [0.29, 0.717) is 17.1 Å². The van der Waals surface area contributed by atoms with Crippen LogP contribution in [0.4, 0.5) is 5.00 Å². The second-order valence-corrected chi connectivity index (χ2v) is 9.30. The lowest BCUT2D eigenvalue weighted by atomic mass is 10.0. The van der Waals surface area contributed by atoms with Gasteiger partial charge < -0.3 is 35.4 Å². The Labute approximate surface area is 239 Å². The minimum Gasteiger partial charge on any atom is -0.473 e. The molecule has 41 heavy (non-hydrogen) atoms. The molecular weight excluding hydrogens is 562 g/mol. The lowest BCUT2D eigenvalue weighted by Crippen LogP contribution is -2.48. The number of nitrogens with zero attached hydrogens (tertiary/aromatic N) is 2. The first-order valence-electron chi connectivity index (χ1n) is 12.3. The monoisotopic (exact) mass is 595 g/mol. The number of likely N-dealkylation sites (N-methyl/N-ethyl adjacent to an activating group) is 1. The van der Waals surface area contributed by atoms with Crippen LogP contribution in [0.2, 0.25) is 0 Å². The maximum Gasteiger partial charge on any atom is 0.414 e. The quantitative estimate of drug-likeness (QED) is 0.228. The number of aryl methyl sites for hydroxylation is 1. The zero-order chi connectivity index (χ0) is 31.1. The molecule has 1 amide bonds. The molecule has 14 nitrogen and oxygen atoms in total. The molecule has 0 radical (unpaired) electrons. The highest BCUT2D eigenvalue weighted by atomic mass is 32.1. The summed E-state index contributed by atoms with van der Waals surface area (Å²) in [4.78, 5) is 66.2. The van der Waals surface area contributed by atoms with Crippen molar-refractivity contribution in [1.82, 2.24) is 9.80 Å². The fraction of sp³-hybridized carbons (Fsp3) is 0.385. The fourth-order valence-corrected chi connectivity index (χ4v) is 4.41. The van der Waals surface area contributed by atoms with Crippen molar-refractivity contribution in [2.75, 3.05) is 51.2 Å². The highest BCUT2D eigenvalue weighted by molar-refractivity contribution is 7.15. The number of aliphatic carboxylic acids is 4. The largest absolute Gasteiger partial charge is 0.473 e. The topological polar surface area (TPSA) is 211 Å². The van der Waals surface area contributed by atoms with E-state index in [4.69, 9.17) is 44.3 Å². The van der Waals surface area contributed by atoms with E-state index in [9.17, 15) is 9.59 Å². The third-order valence-corrected chi connectivity index (χ3v) is 6.43. The average Bonchev–Trinajstić information content (AvgIpc) is 3.33. The zero-order valence-electron chi connectivity index (χ0n) is 22.8. The number of benzene rings is 1. The average molecular weight is 596 g/mol. The first kappa shape index (κ1) is 34.7. The number of amides is 1. The van der Waals surface area contributed by atoms with E-state index >= 15 is 0 Å². The van der Waals surface area contributed by atoms with Gasteiger partial charge in [0.05, 0.1) is 13.2 Å². The number of carbonyl (C=O) groups is 6. The molecule has 0 unspecified atom stereocenters. The van der Waals surface area contributed by atoms with Gasteiger partial charge >= 0.3 is 29.8 Å². The minimum absolute atomic E-state index is 0.0993. The summed E-state index contributed by atoms with van der Waals surface area (Å²) in [5.74, 6) is -7.80. The van der Waals surface area contributed by atoms with Crippen molar-refractivity contribution in [3.63, 3.8) is 0 Å². The molecule has 224 valence electrons. The standard InChI is InChI=1S/C22H29N3O3S.2C2H2O4/c1-4-24-10-12-25(13-11-24)14-19(26)23-21-20(22(27)28-5-2)18(15-29-21)17-8-6-16(3)7-9-17;2*3-1(4)2(5)6/h6-9,15H,4-5,10-14H2,1-3H3,(H,23,26);2*(H,3,4)(H,5,6). The molecule has 1 fully saturated rings. The number of nitrogens with one attached hydrogen (secondary N) is 1. The Morgan fingerprint density at radius 2 is 1.32 bits per heavy atom. The van der Waals surface area contributed by atoms with Gasteiger partial charge in [-0.1, -0.05) is 36.8 Å². The number of ether oxygens (including phenoxy) is 1. The van der Waals surface area contributed by atoms with Crippen LogP contribution in [0.5, 0.6) is 0 Å². The van der Waals surface area contributed by atoms with E-state index in [1.54, 1.807) is 6.92 Å². The first-order valence-corrected chi connectivity index (χ1v) is 13.2. The van der Waals surface area contributed by atoms with Crippen LogP contribution in [-0.2, 0) is 28.7 Å². The molecule has 1 aromatic carbocycles. The summed E-state index contributed by atoms with van der Waals surface area (Å²) < 4.78 is 5.27. The molecule has 2 heterocycles. The van der Waals surface area contributed by atoms with E-state index in [1.807, 2.05) is 36.6 Å². The molecule has 0 atom stereocenters. The van der Waals surface area contributed by atoms with E-state index in [0.717, 1.165) is 49.4 Å². The van der Waals surface area contributed by atoms with E-state index < -0.39 is 29.8 Å². The number of hydrogen-bond acceptors (Lipinski definition) is 10. The van der Waals surface area contributed by atoms with E-state index in [-0.39, 0.29) is 12.5 Å². The van der Waals surface area contributed by atoms with Crippen LogP contribution < -0.4 is 5.32 Å². The van der Waals surface area contributed by atoms with Crippen molar-refractivity contribution < 1.29 is 53.9 Å². The Morgan fingerprint density at radius 1 is 0.829 bits per heavy atom. The molecule has 1 aromatic heterocycles. The Hall–Kier alpha value is -4.34. The van der Waals surface area contributed by atoms with Gasteiger partial charge in [-0.2, -0.15) is 0 Å². The lowest BCUT2D eigenvalue weighted by molar-refractivity contribution is -0.159. The van der Waals surface area contributed by atoms with Crippen LogP contribution in [0.25, 0.3) is 11.1 Å². The molecule has 3 rings (SSSR count). The van der Waals surface area contributed by atoms with Crippen LogP contribution in [-0.4, -0.2) is 112 Å². The molecule has 2 aromatic rings. The Bertz CT molecular complexity index is 1170. The van der Waals surface area contributed by atoms with Crippen LogP contribution in [0, 0.1) is 6.92 Å². The summed E-state index contributed by atoms with van der Waals surface area (Å²) in [5.41, 5.74) is 3.31. The minimum atomic E-state index is -1.82. The number of carboxylic acid groups (broad SMARTS) is 4. The predicted molar refractivity (Wildman–Crippen MR) is 148 cm³/mol. The normalized spacial score (nSPS) is 13.0. The number of thiophene rings is 1. The maximum absolute atomic E-state index is 12.6. The van der Waals surface area contributed by atoms with Gasteiger partial charge in [-0.3, -0.25) is 9.69 Å². The predicted octanol–water partition coefficient (Wildman–Crippen LogP) is 1.79. The summed E-state index contributed by atoms with van der Waals surface area (Å²) in [6.45, 7) is 11.3. The third-order valence-electron chi connectivity index (χ3n) is 5.53. The smallest absolute Gasteiger partial charge is 0.414 e. The van der Waals surface area contributed by atoms with Gasteiger partial charge in [-0.25, -0.2) is 24.0 Å². The van der Waals surface area contributed by atoms with Gasteiger partial charge in [-0.05, 0) is 26.0 Å². The van der Waals surface area contributed by atoms with Gasteiger partial charge in [-0.15, -0.1) is 11.3 Å². The maximum atomic E-state index is 12.6. The summed E-state index contributed by atoms with van der Waals surface area (Å²) in [7, 11) is 0. The number of esters is 1. The number of piperazine rings is 1. The number of hydrogen-bond donors (Lipinski definition) is 5. The van der Waals surface area contributed by atoms with Crippen molar-refractivity contribution in [3.8, 4) is 11.1 Å². The number of rotatable bonds is 7. The second-order valence-electron chi connectivity index (χ2n) is 8.42. The molecule has 0 aliphatic carbocycles. The number of anilines is 1. The zero-order valence-corrected chi connectivity index (χ0v) is 23.6. The SMILES string of the molecule is CCOC(=O)c1c(-c2ccc(C)cc2)csc1NC(=O)CN1CCN(CC)CC1.O=C(O)C(=O)O.O=C(O)C(=O)O. The molecule has 15 heteroatoms. The Balaban J connectivity index is 0.000000588. The number of carboxylic acids is 4. The second kappa shape index (κ2) is 17.4. The molecule has 0 bridgehead atoms. The van der Waals surface area contributed by atoms with Crippen molar-refractivity contribution in [3.05, 3.63) is 40.8 Å². The van der Waals surface area contributed by atoms with Gasteiger partial charge in [0.2, 0.25) is 5.91 Å².